The van der Waals surface area contributed by atoms with Crippen LogP contribution >= 0.6 is 22.9 Å². The number of amides is 1. The van der Waals surface area contributed by atoms with Crippen molar-refractivity contribution in [2.24, 2.45) is 0 Å². The highest BCUT2D eigenvalue weighted by Gasteiger charge is 2.08. The largest absolute Gasteiger partial charge is 0.495 e. The fraction of sp³-hybridized carbons (Fsp3) is 0.0588. The van der Waals surface area contributed by atoms with Crippen molar-refractivity contribution in [3.8, 4) is 5.75 Å². The van der Waals surface area contributed by atoms with Crippen LogP contribution in [-0.4, -0.2) is 18.0 Å². The van der Waals surface area contributed by atoms with Gasteiger partial charge in [0.2, 0.25) is 0 Å². The second kappa shape index (κ2) is 7.33. The van der Waals surface area contributed by atoms with Crippen molar-refractivity contribution in [1.29, 1.82) is 0 Å². The van der Waals surface area contributed by atoms with Gasteiger partial charge in [0.05, 0.1) is 29.6 Å². The van der Waals surface area contributed by atoms with Crippen molar-refractivity contribution >= 4 is 46.0 Å². The summed E-state index contributed by atoms with van der Waals surface area (Å²) in [6.07, 6.45) is 1.63. The van der Waals surface area contributed by atoms with Gasteiger partial charge in [0.25, 0.3) is 5.91 Å². The summed E-state index contributed by atoms with van der Waals surface area (Å²) in [5.74, 6) is 0.987. The van der Waals surface area contributed by atoms with E-state index in [1.54, 1.807) is 43.6 Å². The van der Waals surface area contributed by atoms with Gasteiger partial charge in [0.15, 0.2) is 0 Å². The topological polar surface area (TPSA) is 63.2 Å². The van der Waals surface area contributed by atoms with E-state index in [9.17, 15) is 4.79 Å². The van der Waals surface area contributed by atoms with Gasteiger partial charge in [-0.25, -0.2) is 4.98 Å². The average Bonchev–Trinajstić information content (AvgIpc) is 3.11. The lowest BCUT2D eigenvalue weighted by Crippen LogP contribution is -2.11. The van der Waals surface area contributed by atoms with Gasteiger partial charge in [-0.3, -0.25) is 4.79 Å². The zero-order valence-electron chi connectivity index (χ0n) is 12.7. The number of carbonyl (C=O) groups excluding carboxylic acids is 1. The zero-order chi connectivity index (χ0) is 16.9. The summed E-state index contributed by atoms with van der Waals surface area (Å²) in [6.45, 7) is 0. The van der Waals surface area contributed by atoms with Crippen LogP contribution in [0.25, 0.3) is 0 Å². The first-order valence-corrected chi connectivity index (χ1v) is 8.33. The predicted molar refractivity (Wildman–Crippen MR) is 97.8 cm³/mol. The highest BCUT2D eigenvalue weighted by atomic mass is 35.5. The Morgan fingerprint density at radius 3 is 2.79 bits per heavy atom. The van der Waals surface area contributed by atoms with E-state index in [0.717, 1.165) is 11.4 Å². The molecular formula is C17H14ClN3O2S. The van der Waals surface area contributed by atoms with Gasteiger partial charge in [-0.15, -0.1) is 11.3 Å². The van der Waals surface area contributed by atoms with E-state index in [-0.39, 0.29) is 5.91 Å². The number of methoxy groups -OCH3 is 1. The van der Waals surface area contributed by atoms with Crippen LogP contribution in [-0.2, 0) is 0 Å². The molecular weight excluding hydrogens is 346 g/mol. The van der Waals surface area contributed by atoms with Crippen LogP contribution in [0, 0.1) is 0 Å². The second-order valence-electron chi connectivity index (χ2n) is 4.83. The molecule has 1 amide bonds. The molecule has 1 aromatic carbocycles. The van der Waals surface area contributed by atoms with Crippen molar-refractivity contribution in [2.75, 3.05) is 17.7 Å². The summed E-state index contributed by atoms with van der Waals surface area (Å²) in [5.41, 5.74) is 1.49. The lowest BCUT2D eigenvalue weighted by molar-refractivity contribution is 0.103. The van der Waals surface area contributed by atoms with Crippen LogP contribution in [0.5, 0.6) is 5.75 Å². The second-order valence-corrected chi connectivity index (χ2v) is 6.22. The van der Waals surface area contributed by atoms with E-state index in [2.05, 4.69) is 15.6 Å². The number of carbonyl (C=O) groups is 1. The summed E-state index contributed by atoms with van der Waals surface area (Å²) in [7, 11) is 1.59. The number of aromatic nitrogens is 1. The van der Waals surface area contributed by atoms with E-state index in [0.29, 0.717) is 21.5 Å². The number of thiophene rings is 1. The molecule has 0 spiro atoms. The number of pyridine rings is 1. The molecule has 0 atom stereocenters. The Bertz CT molecular complexity index is 836. The van der Waals surface area contributed by atoms with Crippen LogP contribution in [0.15, 0.2) is 54.0 Å². The Kier molecular flexibility index (Phi) is 4.98. The molecule has 0 aliphatic rings. The molecule has 3 aromatic rings. The van der Waals surface area contributed by atoms with Crippen LogP contribution in [0.4, 0.5) is 17.2 Å². The number of benzene rings is 1. The molecule has 122 valence electrons. The van der Waals surface area contributed by atoms with Crippen molar-refractivity contribution in [2.45, 2.75) is 0 Å². The molecule has 0 bridgehead atoms. The number of anilines is 3. The molecule has 2 heterocycles. The van der Waals surface area contributed by atoms with Gasteiger partial charge in [-0.1, -0.05) is 17.7 Å². The number of halogens is 1. The van der Waals surface area contributed by atoms with E-state index in [1.807, 2.05) is 17.5 Å². The molecule has 0 aliphatic carbocycles. The van der Waals surface area contributed by atoms with Crippen molar-refractivity contribution in [3.63, 3.8) is 0 Å². The fourth-order valence-corrected chi connectivity index (χ4v) is 2.85. The van der Waals surface area contributed by atoms with Crippen molar-refractivity contribution in [1.82, 2.24) is 4.98 Å². The number of nitrogens with one attached hydrogen (secondary N) is 2. The van der Waals surface area contributed by atoms with Gasteiger partial charge in [-0.05, 0) is 41.8 Å². The lowest BCUT2D eigenvalue weighted by atomic mass is 10.2. The highest BCUT2D eigenvalue weighted by molar-refractivity contribution is 7.12. The summed E-state index contributed by atoms with van der Waals surface area (Å²) in [5, 5.41) is 8.40. The first kappa shape index (κ1) is 16.3. The Morgan fingerprint density at radius 1 is 1.25 bits per heavy atom. The molecule has 0 unspecified atom stereocenters. The third kappa shape index (κ3) is 3.84. The predicted octanol–water partition coefficient (Wildman–Crippen LogP) is 4.80. The Morgan fingerprint density at radius 2 is 2.12 bits per heavy atom. The fourth-order valence-electron chi connectivity index (χ4n) is 2.06. The van der Waals surface area contributed by atoms with Crippen LogP contribution < -0.4 is 15.4 Å². The monoisotopic (exact) mass is 359 g/mol. The standard InChI is InChI=1S/C17H14ClN3O2S/c1-23-14-6-4-11(18)9-13(14)20-12-5-7-16(19-10-12)21-17(22)15-3-2-8-24-15/h2-10,20H,1H3,(H,19,21,22). The maximum atomic E-state index is 12.0. The average molecular weight is 360 g/mol. The van der Waals surface area contributed by atoms with Gasteiger partial charge in [0.1, 0.15) is 11.6 Å². The number of nitrogens with zero attached hydrogens (tertiary/aromatic N) is 1. The molecule has 24 heavy (non-hydrogen) atoms. The maximum absolute atomic E-state index is 12.0. The summed E-state index contributed by atoms with van der Waals surface area (Å²) < 4.78 is 5.29. The minimum Gasteiger partial charge on any atom is -0.495 e. The number of rotatable bonds is 5. The SMILES string of the molecule is COc1ccc(Cl)cc1Nc1ccc(NC(=O)c2cccs2)nc1. The van der Waals surface area contributed by atoms with E-state index in [1.165, 1.54) is 11.3 Å². The van der Waals surface area contributed by atoms with Crippen molar-refractivity contribution < 1.29 is 9.53 Å². The molecule has 3 rings (SSSR count). The molecule has 0 saturated heterocycles. The molecule has 0 saturated carbocycles. The summed E-state index contributed by atoms with van der Waals surface area (Å²) in [4.78, 5) is 16.9. The molecule has 5 nitrogen and oxygen atoms in total. The number of ether oxygens (including phenoxy) is 1. The van der Waals surface area contributed by atoms with E-state index in [4.69, 9.17) is 16.3 Å². The molecule has 0 radical (unpaired) electrons. The number of hydrogen-bond donors (Lipinski definition) is 2. The van der Waals surface area contributed by atoms with Crippen molar-refractivity contribution in [3.05, 3.63) is 63.9 Å². The van der Waals surface area contributed by atoms with Gasteiger partial charge >= 0.3 is 0 Å². The Labute approximate surface area is 148 Å². The minimum absolute atomic E-state index is 0.172. The molecule has 7 heteroatoms. The van der Waals surface area contributed by atoms with E-state index >= 15 is 0 Å². The maximum Gasteiger partial charge on any atom is 0.266 e. The third-order valence-electron chi connectivity index (χ3n) is 3.19. The molecule has 0 fully saturated rings. The molecule has 2 N–H and O–H groups in total. The first-order valence-electron chi connectivity index (χ1n) is 7.07. The summed E-state index contributed by atoms with van der Waals surface area (Å²) >= 11 is 7.40. The number of hydrogen-bond acceptors (Lipinski definition) is 5. The van der Waals surface area contributed by atoms with E-state index < -0.39 is 0 Å². The van der Waals surface area contributed by atoms with Crippen LogP contribution in [0.2, 0.25) is 5.02 Å². The van der Waals surface area contributed by atoms with Gasteiger partial charge < -0.3 is 15.4 Å². The molecule has 0 aliphatic heterocycles. The highest BCUT2D eigenvalue weighted by Crippen LogP contribution is 2.30. The first-order chi connectivity index (χ1) is 11.7. The van der Waals surface area contributed by atoms with Gasteiger partial charge in [-0.2, -0.15) is 0 Å². The minimum atomic E-state index is -0.172. The quantitative estimate of drug-likeness (QED) is 0.686. The van der Waals surface area contributed by atoms with Crippen LogP contribution in [0.1, 0.15) is 9.67 Å². The normalized spacial score (nSPS) is 10.2. The van der Waals surface area contributed by atoms with Crippen LogP contribution in [0.3, 0.4) is 0 Å². The summed E-state index contributed by atoms with van der Waals surface area (Å²) in [6, 6.07) is 12.5. The molecule has 2 aromatic heterocycles. The smallest absolute Gasteiger partial charge is 0.266 e. The lowest BCUT2D eigenvalue weighted by Gasteiger charge is -2.11. The van der Waals surface area contributed by atoms with Gasteiger partial charge in [0, 0.05) is 5.02 Å². The Hall–Kier alpha value is -2.57. The third-order valence-corrected chi connectivity index (χ3v) is 4.29. The zero-order valence-corrected chi connectivity index (χ0v) is 14.3. The Balaban J connectivity index is 1.71.